The molecule has 0 N–H and O–H groups in total. The molecule has 0 aromatic carbocycles. The third kappa shape index (κ3) is 11.5. The number of carbonyl (C=O) groups excluding carboxylic acids is 1. The second kappa shape index (κ2) is 9.60. The summed E-state index contributed by atoms with van der Waals surface area (Å²) in [5.41, 5.74) is 0.418. The predicted molar refractivity (Wildman–Crippen MR) is 110 cm³/mol. The van der Waals surface area contributed by atoms with E-state index in [1.807, 2.05) is 0 Å². The van der Waals surface area contributed by atoms with Crippen LogP contribution in [0.1, 0.15) is 13.3 Å². The summed E-state index contributed by atoms with van der Waals surface area (Å²) in [6.07, 6.45) is 0.682. The van der Waals surface area contributed by atoms with Crippen LogP contribution in [0, 0.1) is 0 Å². The van der Waals surface area contributed by atoms with Crippen LogP contribution in [0.3, 0.4) is 0 Å². The zero-order valence-corrected chi connectivity index (χ0v) is 21.1. The van der Waals surface area contributed by atoms with Crippen molar-refractivity contribution in [3.05, 3.63) is 12.2 Å². The Morgan fingerprint density at radius 2 is 1.46 bits per heavy atom. The summed E-state index contributed by atoms with van der Waals surface area (Å²) in [6.45, 7) is 22.8. The molecular weight excluding hydrogens is 373 g/mol. The molecule has 0 fully saturated rings. The zero-order valence-electron chi connectivity index (χ0n) is 16.9. The average molecular weight is 409 g/mol. The van der Waals surface area contributed by atoms with Gasteiger partial charge in [0.05, 0.1) is 6.61 Å². The van der Waals surface area contributed by atoms with Gasteiger partial charge in [0.2, 0.25) is 0 Å². The fraction of sp³-hybridized carbons (Fsp3) is 0.800. The zero-order chi connectivity index (χ0) is 19.2. The van der Waals surface area contributed by atoms with Gasteiger partial charge in [0.25, 0.3) is 0 Å². The van der Waals surface area contributed by atoms with Gasteiger partial charge < -0.3 is 17.1 Å². The first kappa shape index (κ1) is 24.0. The first-order chi connectivity index (χ1) is 10.7. The number of carbonyl (C=O) groups is 1. The minimum absolute atomic E-state index is 0.341. The van der Waals surface area contributed by atoms with Crippen LogP contribution in [0.5, 0.6) is 0 Å². The van der Waals surface area contributed by atoms with E-state index in [-0.39, 0.29) is 5.97 Å². The molecule has 0 spiro atoms. The third-order valence-electron chi connectivity index (χ3n) is 2.55. The van der Waals surface area contributed by atoms with Crippen molar-refractivity contribution in [3.8, 4) is 0 Å². The first-order valence-electron chi connectivity index (χ1n) is 8.57. The van der Waals surface area contributed by atoms with Gasteiger partial charge in [0, 0.05) is 11.6 Å². The molecule has 9 heteroatoms. The smallest absolute Gasteiger partial charge is 0.462 e. The lowest BCUT2D eigenvalue weighted by molar-refractivity contribution is -0.139. The Kier molecular flexibility index (Phi) is 9.58. The van der Waals surface area contributed by atoms with Gasteiger partial charge in [-0.15, -0.1) is 0 Å². The molecule has 0 aromatic heterocycles. The second-order valence-electron chi connectivity index (χ2n) is 8.30. The maximum Gasteiger partial charge on any atom is 0.469 e. The Morgan fingerprint density at radius 3 is 1.79 bits per heavy atom. The topological polar surface area (TPSA) is 54.0 Å². The van der Waals surface area contributed by atoms with Gasteiger partial charge in [-0.3, -0.25) is 0 Å². The van der Waals surface area contributed by atoms with Crippen molar-refractivity contribution < 1.29 is 21.9 Å². The van der Waals surface area contributed by atoms with Crippen LogP contribution in [-0.4, -0.2) is 47.1 Å². The Balaban J connectivity index is 5.11. The molecule has 0 saturated heterocycles. The number of hydrogen-bond acceptors (Lipinski definition) is 5. The monoisotopic (exact) mass is 408 g/mol. The van der Waals surface area contributed by atoms with Crippen LogP contribution in [0.4, 0.5) is 0 Å². The fourth-order valence-electron chi connectivity index (χ4n) is 2.10. The van der Waals surface area contributed by atoms with Crippen LogP contribution in [0.2, 0.25) is 58.4 Å². The molecule has 0 aromatic rings. The van der Waals surface area contributed by atoms with Crippen molar-refractivity contribution in [3.63, 3.8) is 0 Å². The van der Waals surface area contributed by atoms with Crippen LogP contribution < -0.4 is 0 Å². The lowest BCUT2D eigenvalue weighted by Gasteiger charge is -2.40. The second-order valence-corrected chi connectivity index (χ2v) is 23.3. The molecule has 24 heavy (non-hydrogen) atoms. The van der Waals surface area contributed by atoms with Gasteiger partial charge in [-0.2, -0.15) is 0 Å². The lowest BCUT2D eigenvalue weighted by Crippen LogP contribution is -2.58. The largest absolute Gasteiger partial charge is 0.469 e. The standard InChI is InChI=1S/C15H36O5Si4/c1-14(2)15(16)17-12-11-13-24(18-21(3)4,19-22(5,6)7)20-23(8,9)10/h21H,1,11-13H2,2-10H3. The van der Waals surface area contributed by atoms with Gasteiger partial charge in [0.1, 0.15) is 0 Å². The van der Waals surface area contributed by atoms with E-state index in [1.54, 1.807) is 6.92 Å². The van der Waals surface area contributed by atoms with Crippen molar-refractivity contribution >= 4 is 40.4 Å². The number of rotatable bonds is 11. The Morgan fingerprint density at radius 1 is 1.00 bits per heavy atom. The summed E-state index contributed by atoms with van der Waals surface area (Å²) < 4.78 is 24.6. The summed E-state index contributed by atoms with van der Waals surface area (Å²) in [5.74, 6) is -0.348. The highest BCUT2D eigenvalue weighted by Gasteiger charge is 2.47. The molecule has 142 valence electrons. The summed E-state index contributed by atoms with van der Waals surface area (Å²) in [6, 6.07) is 0.691. The SMILES string of the molecule is C=C(C)C(=O)OCCC[Si](O[SiH](C)C)(O[Si](C)(C)C)O[Si](C)(C)C. The molecule has 0 aliphatic rings. The highest BCUT2D eigenvalue weighted by molar-refractivity contribution is 6.87. The summed E-state index contributed by atoms with van der Waals surface area (Å²) >= 11 is 0. The molecule has 0 bridgehead atoms. The fourth-order valence-corrected chi connectivity index (χ4v) is 16.1. The highest BCUT2D eigenvalue weighted by Crippen LogP contribution is 2.27. The lowest BCUT2D eigenvalue weighted by atomic mass is 10.4. The van der Waals surface area contributed by atoms with Gasteiger partial charge >= 0.3 is 14.8 Å². The van der Waals surface area contributed by atoms with Crippen LogP contribution in [-0.2, 0) is 21.9 Å². The van der Waals surface area contributed by atoms with Crippen molar-refractivity contribution in [2.75, 3.05) is 6.61 Å². The van der Waals surface area contributed by atoms with Crippen LogP contribution in [0.25, 0.3) is 0 Å². The Bertz CT molecular complexity index is 411. The van der Waals surface area contributed by atoms with Gasteiger partial charge in [-0.1, -0.05) is 6.58 Å². The highest BCUT2D eigenvalue weighted by atomic mass is 28.5. The molecular formula is C15H36O5Si4. The van der Waals surface area contributed by atoms with E-state index in [0.29, 0.717) is 24.6 Å². The van der Waals surface area contributed by atoms with E-state index in [2.05, 4.69) is 59.0 Å². The van der Waals surface area contributed by atoms with E-state index < -0.39 is 34.5 Å². The van der Waals surface area contributed by atoms with Gasteiger partial charge in [-0.05, 0) is 65.7 Å². The molecule has 0 aliphatic carbocycles. The molecule has 0 atom stereocenters. The number of ether oxygens (including phenoxy) is 1. The van der Waals surface area contributed by atoms with E-state index in [1.165, 1.54) is 0 Å². The van der Waals surface area contributed by atoms with Crippen LogP contribution in [0.15, 0.2) is 12.2 Å². The minimum Gasteiger partial charge on any atom is -0.462 e. The molecule has 5 nitrogen and oxygen atoms in total. The van der Waals surface area contributed by atoms with E-state index in [9.17, 15) is 4.79 Å². The van der Waals surface area contributed by atoms with Crippen LogP contribution >= 0.6 is 0 Å². The predicted octanol–water partition coefficient (Wildman–Crippen LogP) is 4.14. The maximum absolute atomic E-state index is 11.5. The maximum atomic E-state index is 11.5. The molecule has 0 saturated carbocycles. The van der Waals surface area contributed by atoms with Crippen molar-refractivity contribution in [2.24, 2.45) is 0 Å². The van der Waals surface area contributed by atoms with Crippen molar-refractivity contribution in [1.82, 2.24) is 0 Å². The average Bonchev–Trinajstić information content (AvgIpc) is 2.28. The quantitative estimate of drug-likeness (QED) is 0.222. The minimum atomic E-state index is -2.76. The Labute approximate surface area is 153 Å². The van der Waals surface area contributed by atoms with Crippen molar-refractivity contribution in [1.29, 1.82) is 0 Å². The summed E-state index contributed by atoms with van der Waals surface area (Å²) in [5, 5.41) is 0. The van der Waals surface area contributed by atoms with E-state index in [0.717, 1.165) is 0 Å². The molecule has 0 rings (SSSR count). The summed E-state index contributed by atoms with van der Waals surface area (Å²) in [4.78, 5) is 11.5. The Hall–Kier alpha value is -0.0425. The summed E-state index contributed by atoms with van der Waals surface area (Å²) in [7, 11) is -7.73. The third-order valence-corrected chi connectivity index (χ3v) is 14.2. The molecule has 0 heterocycles. The molecule has 0 aliphatic heterocycles. The number of esters is 1. The van der Waals surface area contributed by atoms with Crippen molar-refractivity contribution in [2.45, 2.75) is 71.8 Å². The van der Waals surface area contributed by atoms with Gasteiger partial charge in [-0.25, -0.2) is 4.79 Å². The normalized spacial score (nSPS) is 13.2. The molecule has 0 amide bonds. The van der Waals surface area contributed by atoms with E-state index >= 15 is 0 Å². The van der Waals surface area contributed by atoms with E-state index in [4.69, 9.17) is 17.1 Å². The van der Waals surface area contributed by atoms with Gasteiger partial charge in [0.15, 0.2) is 25.7 Å². The number of hydrogen-bond donors (Lipinski definition) is 0. The molecule has 0 radical (unpaired) electrons. The first-order valence-corrected chi connectivity index (χ1v) is 20.1. The molecule has 0 unspecified atom stereocenters.